The Balaban J connectivity index is 1.65. The van der Waals surface area contributed by atoms with E-state index in [0.717, 1.165) is 62.7 Å². The Hall–Kier alpha value is -2.33. The molecule has 2 aliphatic carbocycles. The van der Waals surface area contributed by atoms with Crippen molar-refractivity contribution < 1.29 is 14.6 Å². The summed E-state index contributed by atoms with van der Waals surface area (Å²) in [6.07, 6.45) is 7.18. The lowest BCUT2D eigenvalue weighted by Gasteiger charge is -2.55. The summed E-state index contributed by atoms with van der Waals surface area (Å²) < 4.78 is 6.09. The Morgan fingerprint density at radius 3 is 2.71 bits per heavy atom. The number of carbonyl (C=O) groups excluding carboxylic acids is 1. The molecule has 1 fully saturated rings. The van der Waals surface area contributed by atoms with Gasteiger partial charge in [-0.15, -0.1) is 0 Å². The molecule has 0 spiro atoms. The maximum atomic E-state index is 11.6. The molecule has 0 saturated heterocycles. The second-order valence-corrected chi connectivity index (χ2v) is 8.24. The topological polar surface area (TPSA) is 58.6 Å². The van der Waals surface area contributed by atoms with Crippen LogP contribution in [0.4, 0.5) is 0 Å². The van der Waals surface area contributed by atoms with Crippen molar-refractivity contribution in [2.24, 2.45) is 0 Å². The lowest BCUT2D eigenvalue weighted by atomic mass is 9.53. The van der Waals surface area contributed by atoms with Crippen LogP contribution in [0.15, 0.2) is 48.5 Å². The summed E-state index contributed by atoms with van der Waals surface area (Å²) in [5.41, 5.74) is 2.67. The van der Waals surface area contributed by atoms with Gasteiger partial charge in [-0.3, -0.25) is 4.79 Å². The molecule has 4 rings (SSSR count). The number of benzene rings is 2. The summed E-state index contributed by atoms with van der Waals surface area (Å²) in [5.74, 6) is 0.847. The van der Waals surface area contributed by atoms with Gasteiger partial charge in [0, 0.05) is 12.0 Å². The fourth-order valence-electron chi connectivity index (χ4n) is 5.29. The van der Waals surface area contributed by atoms with E-state index in [9.17, 15) is 9.90 Å². The van der Waals surface area contributed by atoms with E-state index < -0.39 is 5.60 Å². The zero-order chi connectivity index (χ0) is 19.5. The highest BCUT2D eigenvalue weighted by Crippen LogP contribution is 2.55. The molecule has 0 aliphatic heterocycles. The molecule has 4 heteroatoms. The molecule has 148 valence electrons. The molecule has 1 saturated carbocycles. The molecular weight excluding hydrogens is 350 g/mol. The maximum absolute atomic E-state index is 11.6. The van der Waals surface area contributed by atoms with Gasteiger partial charge < -0.3 is 15.2 Å². The van der Waals surface area contributed by atoms with Crippen molar-refractivity contribution >= 4 is 6.41 Å². The van der Waals surface area contributed by atoms with E-state index in [4.69, 9.17) is 4.74 Å². The normalized spacial score (nSPS) is 26.0. The Morgan fingerprint density at radius 2 is 1.89 bits per heavy atom. The number of amides is 1. The summed E-state index contributed by atoms with van der Waals surface area (Å²) in [5, 5.41) is 14.4. The Morgan fingerprint density at radius 1 is 1.07 bits per heavy atom. The second kappa shape index (κ2) is 7.96. The quantitative estimate of drug-likeness (QED) is 0.567. The fourth-order valence-corrected chi connectivity index (χ4v) is 5.29. The molecule has 28 heavy (non-hydrogen) atoms. The fraction of sp³-hybridized carbons (Fsp3) is 0.458. The van der Waals surface area contributed by atoms with Gasteiger partial charge in [0.25, 0.3) is 0 Å². The lowest BCUT2D eigenvalue weighted by molar-refractivity contribution is -0.110. The molecule has 2 aromatic rings. The SMILES string of the molecule is O=CNCCC12CCCCC1(O)CCc1ccc(OCc3ccccc3)cc12. The molecular formula is C24H29NO3. The zero-order valence-electron chi connectivity index (χ0n) is 16.3. The van der Waals surface area contributed by atoms with Gasteiger partial charge in [-0.25, -0.2) is 0 Å². The monoisotopic (exact) mass is 379 g/mol. The minimum atomic E-state index is -0.694. The van der Waals surface area contributed by atoms with Crippen molar-refractivity contribution in [2.75, 3.05) is 6.54 Å². The number of aryl methyl sites for hydroxylation is 1. The van der Waals surface area contributed by atoms with Crippen LogP contribution in [0.25, 0.3) is 0 Å². The number of carbonyl (C=O) groups is 1. The number of rotatable bonds is 7. The minimum Gasteiger partial charge on any atom is -0.489 e. The number of fused-ring (bicyclic) bond motifs is 3. The predicted molar refractivity (Wildman–Crippen MR) is 109 cm³/mol. The van der Waals surface area contributed by atoms with Gasteiger partial charge in [0.2, 0.25) is 6.41 Å². The van der Waals surface area contributed by atoms with Crippen LogP contribution < -0.4 is 10.1 Å². The van der Waals surface area contributed by atoms with Crippen molar-refractivity contribution in [1.29, 1.82) is 0 Å². The summed E-state index contributed by atoms with van der Waals surface area (Å²) in [6, 6.07) is 16.5. The molecule has 2 aliphatic rings. The summed E-state index contributed by atoms with van der Waals surface area (Å²) in [4.78, 5) is 10.8. The summed E-state index contributed by atoms with van der Waals surface area (Å²) in [7, 11) is 0. The van der Waals surface area contributed by atoms with E-state index in [2.05, 4.69) is 29.6 Å². The number of ether oxygens (including phenoxy) is 1. The van der Waals surface area contributed by atoms with Gasteiger partial charge >= 0.3 is 0 Å². The Bertz CT molecular complexity index is 822. The maximum Gasteiger partial charge on any atom is 0.207 e. The van der Waals surface area contributed by atoms with Crippen LogP contribution in [-0.4, -0.2) is 23.7 Å². The molecule has 2 atom stereocenters. The highest BCUT2D eigenvalue weighted by Gasteiger charge is 2.54. The first-order chi connectivity index (χ1) is 13.7. The molecule has 4 nitrogen and oxygen atoms in total. The summed E-state index contributed by atoms with van der Waals surface area (Å²) in [6.45, 7) is 1.12. The van der Waals surface area contributed by atoms with Gasteiger partial charge in [-0.2, -0.15) is 0 Å². The van der Waals surface area contributed by atoms with Crippen molar-refractivity contribution in [2.45, 2.75) is 62.6 Å². The summed E-state index contributed by atoms with van der Waals surface area (Å²) >= 11 is 0. The third-order valence-corrected chi connectivity index (χ3v) is 6.77. The zero-order valence-corrected chi connectivity index (χ0v) is 16.3. The molecule has 0 radical (unpaired) electrons. The number of nitrogens with one attached hydrogen (secondary N) is 1. The van der Waals surface area contributed by atoms with Crippen molar-refractivity contribution in [3.8, 4) is 5.75 Å². The van der Waals surface area contributed by atoms with Crippen LogP contribution in [0.1, 0.15) is 55.2 Å². The standard InChI is InChI=1S/C24H29NO3/c26-18-25-15-14-23-11-4-5-12-24(23,27)13-10-20-8-9-21(16-22(20)23)28-17-19-6-2-1-3-7-19/h1-3,6-9,16,18,27H,4-5,10-15,17H2,(H,25,26). The molecule has 2 aromatic carbocycles. The molecule has 0 heterocycles. The molecule has 0 aromatic heterocycles. The van der Waals surface area contributed by atoms with Crippen molar-refractivity contribution in [3.63, 3.8) is 0 Å². The third-order valence-electron chi connectivity index (χ3n) is 6.77. The van der Waals surface area contributed by atoms with Crippen LogP contribution in [0.5, 0.6) is 5.75 Å². The van der Waals surface area contributed by atoms with Gasteiger partial charge in [0.15, 0.2) is 0 Å². The first-order valence-electron chi connectivity index (χ1n) is 10.4. The van der Waals surface area contributed by atoms with Crippen LogP contribution in [0, 0.1) is 0 Å². The Labute approximate surface area is 166 Å². The first kappa shape index (κ1) is 19.0. The van der Waals surface area contributed by atoms with Gasteiger partial charge in [0.1, 0.15) is 12.4 Å². The van der Waals surface area contributed by atoms with Crippen LogP contribution >= 0.6 is 0 Å². The number of aliphatic hydroxyl groups is 1. The number of hydrogen-bond acceptors (Lipinski definition) is 3. The van der Waals surface area contributed by atoms with E-state index in [1.54, 1.807) is 0 Å². The van der Waals surface area contributed by atoms with E-state index in [-0.39, 0.29) is 5.41 Å². The average molecular weight is 380 g/mol. The molecule has 2 N–H and O–H groups in total. The van der Waals surface area contributed by atoms with Crippen molar-refractivity contribution in [1.82, 2.24) is 5.32 Å². The van der Waals surface area contributed by atoms with Gasteiger partial charge in [0.05, 0.1) is 5.60 Å². The van der Waals surface area contributed by atoms with E-state index >= 15 is 0 Å². The smallest absolute Gasteiger partial charge is 0.207 e. The molecule has 2 unspecified atom stereocenters. The third kappa shape index (κ3) is 3.42. The van der Waals surface area contributed by atoms with E-state index in [0.29, 0.717) is 13.2 Å². The first-order valence-corrected chi connectivity index (χ1v) is 10.4. The van der Waals surface area contributed by atoms with E-state index in [1.165, 1.54) is 11.1 Å². The van der Waals surface area contributed by atoms with Gasteiger partial charge in [-0.05, 0) is 60.9 Å². The van der Waals surface area contributed by atoms with Crippen molar-refractivity contribution in [3.05, 3.63) is 65.2 Å². The van der Waals surface area contributed by atoms with Crippen LogP contribution in [0.2, 0.25) is 0 Å². The average Bonchev–Trinajstić information content (AvgIpc) is 2.73. The Kier molecular flexibility index (Phi) is 5.40. The largest absolute Gasteiger partial charge is 0.489 e. The molecule has 0 bridgehead atoms. The highest BCUT2D eigenvalue weighted by atomic mass is 16.5. The van der Waals surface area contributed by atoms with Crippen LogP contribution in [-0.2, 0) is 23.2 Å². The second-order valence-electron chi connectivity index (χ2n) is 8.24. The lowest BCUT2D eigenvalue weighted by Crippen LogP contribution is -2.57. The highest BCUT2D eigenvalue weighted by molar-refractivity contribution is 5.48. The van der Waals surface area contributed by atoms with E-state index in [1.807, 2.05) is 24.3 Å². The predicted octanol–water partition coefficient (Wildman–Crippen LogP) is 3.89. The number of hydrogen-bond donors (Lipinski definition) is 2. The minimum absolute atomic E-state index is 0.305. The van der Waals surface area contributed by atoms with Crippen LogP contribution in [0.3, 0.4) is 0 Å². The molecule has 1 amide bonds. The van der Waals surface area contributed by atoms with Gasteiger partial charge in [-0.1, -0.05) is 49.2 Å².